The molecule has 166 valence electrons. The van der Waals surface area contributed by atoms with Gasteiger partial charge in [-0.05, 0) is 58.8 Å². The summed E-state index contributed by atoms with van der Waals surface area (Å²) in [5.41, 5.74) is 0.556. The van der Waals surface area contributed by atoms with Crippen LogP contribution >= 0.6 is 24.0 Å². The number of nitrogens with one attached hydrogen (secondary N) is 2. The van der Waals surface area contributed by atoms with Gasteiger partial charge in [0.05, 0.1) is 13.2 Å². The fourth-order valence-corrected chi connectivity index (χ4v) is 3.20. The summed E-state index contributed by atoms with van der Waals surface area (Å²) < 4.78 is 35.8. The van der Waals surface area contributed by atoms with Crippen LogP contribution in [0.2, 0.25) is 0 Å². The van der Waals surface area contributed by atoms with Crippen LogP contribution in [0.5, 0.6) is 11.5 Å². The molecule has 0 spiro atoms. The lowest BCUT2D eigenvalue weighted by molar-refractivity contribution is -0.0520. The quantitative estimate of drug-likeness (QED) is 0.199. The van der Waals surface area contributed by atoms with Gasteiger partial charge in [-0.25, -0.2) is 4.99 Å². The fraction of sp³-hybridized carbons (Fsp3) is 0.650. The first-order valence-electron chi connectivity index (χ1n) is 10.1. The van der Waals surface area contributed by atoms with Gasteiger partial charge in [-0.2, -0.15) is 8.78 Å². The number of nitrogens with zero attached hydrogens (tertiary/aromatic N) is 2. The number of benzene rings is 1. The molecule has 1 aliphatic rings. The molecule has 0 unspecified atom stereocenters. The molecule has 1 saturated heterocycles. The molecule has 9 heteroatoms. The largest absolute Gasteiger partial charge is 0.490 e. The highest BCUT2D eigenvalue weighted by Gasteiger charge is 2.16. The normalized spacial score (nSPS) is 14.6. The topological polar surface area (TPSA) is 58.1 Å². The van der Waals surface area contributed by atoms with Gasteiger partial charge in [-0.3, -0.25) is 0 Å². The minimum atomic E-state index is -2.92. The van der Waals surface area contributed by atoms with Crippen LogP contribution < -0.4 is 20.1 Å². The average Bonchev–Trinajstić information content (AvgIpc) is 3.18. The molecular formula is C20H33F2IN4O2. The molecule has 6 nitrogen and oxygen atoms in total. The first kappa shape index (κ1) is 25.7. The molecule has 1 aromatic carbocycles. The average molecular weight is 526 g/mol. The molecule has 0 aromatic heterocycles. The third kappa shape index (κ3) is 9.33. The molecule has 0 atom stereocenters. The molecular weight excluding hydrogens is 493 g/mol. The van der Waals surface area contributed by atoms with E-state index in [2.05, 4.69) is 20.5 Å². The highest BCUT2D eigenvalue weighted by Crippen LogP contribution is 2.33. The Labute approximate surface area is 189 Å². The molecule has 1 aromatic rings. The Hall–Kier alpha value is -1.36. The molecule has 0 radical (unpaired) electrons. The zero-order valence-electron chi connectivity index (χ0n) is 17.3. The SMILES string of the molecule is CCNC(=NCc1cccc(OCC)c1OC(F)F)NCCCN1CCCC1.I. The van der Waals surface area contributed by atoms with E-state index in [0.717, 1.165) is 26.1 Å². The second-order valence-electron chi connectivity index (χ2n) is 6.58. The van der Waals surface area contributed by atoms with Crippen LogP contribution in [0.15, 0.2) is 23.2 Å². The molecule has 29 heavy (non-hydrogen) atoms. The summed E-state index contributed by atoms with van der Waals surface area (Å²) in [6.07, 6.45) is 3.62. The van der Waals surface area contributed by atoms with Crippen molar-refractivity contribution in [3.8, 4) is 11.5 Å². The maximum atomic E-state index is 12.8. The fourth-order valence-electron chi connectivity index (χ4n) is 3.20. The van der Waals surface area contributed by atoms with E-state index in [4.69, 9.17) is 9.47 Å². The Morgan fingerprint density at radius 2 is 1.97 bits per heavy atom. The number of aliphatic imine (C=N–C) groups is 1. The smallest absolute Gasteiger partial charge is 0.387 e. The van der Waals surface area contributed by atoms with Crippen molar-refractivity contribution < 1.29 is 18.3 Å². The molecule has 1 fully saturated rings. The van der Waals surface area contributed by atoms with Crippen LogP contribution in [0.3, 0.4) is 0 Å². The Bertz CT molecular complexity index is 614. The van der Waals surface area contributed by atoms with Gasteiger partial charge in [0.25, 0.3) is 0 Å². The summed E-state index contributed by atoms with van der Waals surface area (Å²) in [7, 11) is 0. The number of likely N-dealkylation sites (tertiary alicyclic amines) is 1. The van der Waals surface area contributed by atoms with E-state index in [1.807, 2.05) is 6.92 Å². The van der Waals surface area contributed by atoms with Gasteiger partial charge in [0.2, 0.25) is 0 Å². The van der Waals surface area contributed by atoms with Gasteiger partial charge in [0, 0.05) is 18.7 Å². The van der Waals surface area contributed by atoms with Gasteiger partial charge in [-0.15, -0.1) is 24.0 Å². The van der Waals surface area contributed by atoms with Gasteiger partial charge in [0.1, 0.15) is 0 Å². The molecule has 1 heterocycles. The van der Waals surface area contributed by atoms with Crippen LogP contribution in [0.4, 0.5) is 8.78 Å². The maximum absolute atomic E-state index is 12.8. The minimum absolute atomic E-state index is 0. The van der Waals surface area contributed by atoms with Crippen LogP contribution in [-0.2, 0) is 6.54 Å². The summed E-state index contributed by atoms with van der Waals surface area (Å²) >= 11 is 0. The molecule has 0 saturated carbocycles. The first-order valence-corrected chi connectivity index (χ1v) is 10.1. The summed E-state index contributed by atoms with van der Waals surface area (Å²) in [6.45, 7) is 6.44. The first-order chi connectivity index (χ1) is 13.6. The number of hydrogen-bond donors (Lipinski definition) is 2. The second-order valence-corrected chi connectivity index (χ2v) is 6.58. The molecule has 2 N–H and O–H groups in total. The van der Waals surface area contributed by atoms with Crippen molar-refractivity contribution >= 4 is 29.9 Å². The van der Waals surface area contributed by atoms with E-state index >= 15 is 0 Å². The standard InChI is InChI=1S/C20H32F2N4O2.HI/c1-3-23-20(24-11-8-14-26-12-5-6-13-26)25-15-16-9-7-10-17(27-4-2)18(16)28-19(21)22;/h7,9-10,19H,3-6,8,11-15H2,1-2H3,(H2,23,24,25);1H. The van der Waals surface area contributed by atoms with Crippen molar-refractivity contribution in [3.63, 3.8) is 0 Å². The Morgan fingerprint density at radius 3 is 2.62 bits per heavy atom. The van der Waals surface area contributed by atoms with Crippen LogP contribution in [0.1, 0.15) is 38.7 Å². The Balaban J connectivity index is 0.00000420. The minimum Gasteiger partial charge on any atom is -0.490 e. The van der Waals surface area contributed by atoms with Crippen molar-refractivity contribution in [1.29, 1.82) is 0 Å². The van der Waals surface area contributed by atoms with Gasteiger partial charge < -0.3 is 25.0 Å². The number of ether oxygens (including phenoxy) is 2. The lowest BCUT2D eigenvalue weighted by Gasteiger charge is -2.17. The molecule has 0 aliphatic carbocycles. The third-order valence-electron chi connectivity index (χ3n) is 4.46. The van der Waals surface area contributed by atoms with Gasteiger partial charge in [-0.1, -0.05) is 12.1 Å². The molecule has 1 aliphatic heterocycles. The Kier molecular flexibility index (Phi) is 12.9. The van der Waals surface area contributed by atoms with Crippen molar-refractivity contribution in [3.05, 3.63) is 23.8 Å². The van der Waals surface area contributed by atoms with Gasteiger partial charge in [0.15, 0.2) is 17.5 Å². The van der Waals surface area contributed by atoms with E-state index in [-0.39, 0.29) is 36.3 Å². The number of para-hydroxylation sites is 1. The summed E-state index contributed by atoms with van der Waals surface area (Å²) in [5, 5.41) is 6.49. The lowest BCUT2D eigenvalue weighted by atomic mass is 10.2. The van der Waals surface area contributed by atoms with Crippen LogP contribution in [0, 0.1) is 0 Å². The number of alkyl halides is 2. The molecule has 0 bridgehead atoms. The van der Waals surface area contributed by atoms with Crippen molar-refractivity contribution in [2.45, 2.75) is 46.3 Å². The van der Waals surface area contributed by atoms with E-state index < -0.39 is 6.61 Å². The van der Waals surface area contributed by atoms with E-state index in [1.54, 1.807) is 25.1 Å². The van der Waals surface area contributed by atoms with Crippen molar-refractivity contribution in [2.75, 3.05) is 39.3 Å². The predicted molar refractivity (Wildman–Crippen MR) is 123 cm³/mol. The lowest BCUT2D eigenvalue weighted by Crippen LogP contribution is -2.38. The molecule has 2 rings (SSSR count). The van der Waals surface area contributed by atoms with E-state index in [0.29, 0.717) is 23.9 Å². The van der Waals surface area contributed by atoms with E-state index in [1.165, 1.54) is 25.9 Å². The zero-order chi connectivity index (χ0) is 20.2. The number of halogens is 3. The molecule has 0 amide bonds. The number of hydrogen-bond acceptors (Lipinski definition) is 4. The monoisotopic (exact) mass is 526 g/mol. The van der Waals surface area contributed by atoms with Crippen molar-refractivity contribution in [1.82, 2.24) is 15.5 Å². The summed E-state index contributed by atoms with van der Waals surface area (Å²) in [5.74, 6) is 1.01. The van der Waals surface area contributed by atoms with E-state index in [9.17, 15) is 8.78 Å². The van der Waals surface area contributed by atoms with Gasteiger partial charge >= 0.3 is 6.61 Å². The van der Waals surface area contributed by atoms with Crippen LogP contribution in [0.25, 0.3) is 0 Å². The third-order valence-corrected chi connectivity index (χ3v) is 4.46. The second kappa shape index (κ2) is 14.6. The number of rotatable bonds is 11. The highest BCUT2D eigenvalue weighted by molar-refractivity contribution is 14.0. The summed E-state index contributed by atoms with van der Waals surface area (Å²) in [6, 6.07) is 5.10. The van der Waals surface area contributed by atoms with Crippen molar-refractivity contribution in [2.24, 2.45) is 4.99 Å². The Morgan fingerprint density at radius 1 is 1.21 bits per heavy atom. The van der Waals surface area contributed by atoms with Crippen LogP contribution in [-0.4, -0.2) is 56.8 Å². The number of guanidine groups is 1. The maximum Gasteiger partial charge on any atom is 0.387 e. The summed E-state index contributed by atoms with van der Waals surface area (Å²) in [4.78, 5) is 6.99. The predicted octanol–water partition coefficient (Wildman–Crippen LogP) is 3.85. The zero-order valence-corrected chi connectivity index (χ0v) is 19.6. The highest BCUT2D eigenvalue weighted by atomic mass is 127.